The van der Waals surface area contributed by atoms with Gasteiger partial charge in [-0.05, 0) is 35.8 Å². The van der Waals surface area contributed by atoms with E-state index < -0.39 is 0 Å². The summed E-state index contributed by atoms with van der Waals surface area (Å²) in [5.41, 5.74) is 4.45. The van der Waals surface area contributed by atoms with Crippen molar-refractivity contribution >= 4 is 17.8 Å². The Morgan fingerprint density at radius 3 is 2.48 bits per heavy atom. The minimum Gasteiger partial charge on any atom is -0.396 e. The van der Waals surface area contributed by atoms with E-state index in [0.717, 1.165) is 43.0 Å². The van der Waals surface area contributed by atoms with Crippen LogP contribution < -0.4 is 10.2 Å². The Morgan fingerprint density at radius 1 is 1.04 bits per heavy atom. The number of pyridine rings is 1. The van der Waals surface area contributed by atoms with Crippen LogP contribution in [-0.4, -0.2) is 42.9 Å². The molecule has 1 aliphatic heterocycles. The summed E-state index contributed by atoms with van der Waals surface area (Å²) in [6.45, 7) is 4.34. The number of hydrogen-bond donors (Lipinski definition) is 2. The van der Waals surface area contributed by atoms with Gasteiger partial charge in [-0.3, -0.25) is 4.98 Å². The standard InChI is InChI=1S/C19H23N3O/c23-14-9-17-3-1-16(2-4-17)5-6-18-7-8-19(15-21-18)22-12-10-20-11-13-22/h1-8,15,20,23H,9-14H2. The molecule has 1 fully saturated rings. The molecule has 1 aromatic heterocycles. The van der Waals surface area contributed by atoms with Gasteiger partial charge in [0.2, 0.25) is 0 Å². The summed E-state index contributed by atoms with van der Waals surface area (Å²) in [6.07, 6.45) is 6.76. The molecule has 2 heterocycles. The number of aliphatic hydroxyl groups is 1. The highest BCUT2D eigenvalue weighted by molar-refractivity contribution is 5.68. The van der Waals surface area contributed by atoms with Crippen molar-refractivity contribution in [3.8, 4) is 0 Å². The molecule has 0 unspecified atom stereocenters. The Labute approximate surface area is 137 Å². The van der Waals surface area contributed by atoms with Crippen molar-refractivity contribution in [1.29, 1.82) is 0 Å². The van der Waals surface area contributed by atoms with Gasteiger partial charge in [0, 0.05) is 32.8 Å². The van der Waals surface area contributed by atoms with Gasteiger partial charge in [-0.2, -0.15) is 0 Å². The molecule has 0 saturated carbocycles. The Balaban J connectivity index is 1.62. The van der Waals surface area contributed by atoms with Crippen LogP contribution in [0.15, 0.2) is 42.6 Å². The first-order chi connectivity index (χ1) is 11.3. The zero-order valence-electron chi connectivity index (χ0n) is 13.3. The number of nitrogens with zero attached hydrogens (tertiary/aromatic N) is 2. The lowest BCUT2D eigenvalue weighted by atomic mass is 10.1. The van der Waals surface area contributed by atoms with Gasteiger partial charge in [0.25, 0.3) is 0 Å². The monoisotopic (exact) mass is 309 g/mol. The predicted octanol–water partition coefficient (Wildman–Crippen LogP) is 2.20. The second-order valence-corrected chi connectivity index (χ2v) is 5.73. The molecule has 2 aromatic rings. The fourth-order valence-electron chi connectivity index (χ4n) is 2.71. The van der Waals surface area contributed by atoms with E-state index in [9.17, 15) is 0 Å². The second-order valence-electron chi connectivity index (χ2n) is 5.73. The van der Waals surface area contributed by atoms with E-state index in [1.54, 1.807) is 0 Å². The van der Waals surface area contributed by atoms with Gasteiger partial charge in [-0.1, -0.05) is 30.3 Å². The topological polar surface area (TPSA) is 48.4 Å². The Kier molecular flexibility index (Phi) is 5.40. The van der Waals surface area contributed by atoms with Crippen LogP contribution in [0.4, 0.5) is 5.69 Å². The van der Waals surface area contributed by atoms with Gasteiger partial charge >= 0.3 is 0 Å². The number of benzene rings is 1. The van der Waals surface area contributed by atoms with Crippen LogP contribution in [0.1, 0.15) is 16.8 Å². The van der Waals surface area contributed by atoms with Gasteiger partial charge in [-0.15, -0.1) is 0 Å². The summed E-state index contributed by atoms with van der Waals surface area (Å²) in [6, 6.07) is 12.4. The summed E-state index contributed by atoms with van der Waals surface area (Å²) in [7, 11) is 0. The van der Waals surface area contributed by atoms with Crippen molar-refractivity contribution < 1.29 is 5.11 Å². The molecule has 3 rings (SSSR count). The van der Waals surface area contributed by atoms with Crippen LogP contribution in [0, 0.1) is 0 Å². The van der Waals surface area contributed by atoms with E-state index in [4.69, 9.17) is 5.11 Å². The molecule has 4 nitrogen and oxygen atoms in total. The molecule has 23 heavy (non-hydrogen) atoms. The maximum Gasteiger partial charge on any atom is 0.0631 e. The smallest absolute Gasteiger partial charge is 0.0631 e. The number of aliphatic hydroxyl groups excluding tert-OH is 1. The molecule has 2 N–H and O–H groups in total. The first kappa shape index (κ1) is 15.7. The normalized spacial score (nSPS) is 15.3. The van der Waals surface area contributed by atoms with Crippen molar-refractivity contribution in [2.75, 3.05) is 37.7 Å². The Hall–Kier alpha value is -2.17. The van der Waals surface area contributed by atoms with Crippen molar-refractivity contribution in [3.63, 3.8) is 0 Å². The average molecular weight is 309 g/mol. The third kappa shape index (κ3) is 4.41. The molecular weight excluding hydrogens is 286 g/mol. The highest BCUT2D eigenvalue weighted by Crippen LogP contribution is 2.15. The molecule has 0 radical (unpaired) electrons. The van der Waals surface area contributed by atoms with Crippen LogP contribution in [0.2, 0.25) is 0 Å². The summed E-state index contributed by atoms with van der Waals surface area (Å²) < 4.78 is 0. The van der Waals surface area contributed by atoms with E-state index >= 15 is 0 Å². The molecule has 1 aliphatic rings. The molecule has 0 bridgehead atoms. The quantitative estimate of drug-likeness (QED) is 0.889. The van der Waals surface area contributed by atoms with E-state index in [1.165, 1.54) is 5.69 Å². The third-order valence-corrected chi connectivity index (χ3v) is 4.08. The van der Waals surface area contributed by atoms with Crippen molar-refractivity contribution in [3.05, 3.63) is 59.4 Å². The van der Waals surface area contributed by atoms with Crippen LogP contribution >= 0.6 is 0 Å². The minimum absolute atomic E-state index is 0.193. The summed E-state index contributed by atoms with van der Waals surface area (Å²) in [4.78, 5) is 6.89. The van der Waals surface area contributed by atoms with Gasteiger partial charge in [0.15, 0.2) is 0 Å². The third-order valence-electron chi connectivity index (χ3n) is 4.08. The number of hydrogen-bond acceptors (Lipinski definition) is 4. The summed E-state index contributed by atoms with van der Waals surface area (Å²) in [5, 5.41) is 12.3. The van der Waals surface area contributed by atoms with E-state index in [1.807, 2.05) is 12.3 Å². The molecule has 1 aromatic carbocycles. The fourth-order valence-corrected chi connectivity index (χ4v) is 2.71. The van der Waals surface area contributed by atoms with Crippen LogP contribution in [0.5, 0.6) is 0 Å². The zero-order valence-corrected chi connectivity index (χ0v) is 13.3. The lowest BCUT2D eigenvalue weighted by Crippen LogP contribution is -2.43. The van der Waals surface area contributed by atoms with Crippen molar-refractivity contribution in [1.82, 2.24) is 10.3 Å². The number of rotatable bonds is 5. The van der Waals surface area contributed by atoms with Gasteiger partial charge < -0.3 is 15.3 Å². The van der Waals surface area contributed by atoms with Gasteiger partial charge in [0.1, 0.15) is 0 Å². The zero-order chi connectivity index (χ0) is 15.9. The van der Waals surface area contributed by atoms with E-state index in [2.05, 4.69) is 57.7 Å². The fraction of sp³-hybridized carbons (Fsp3) is 0.316. The molecule has 0 spiro atoms. The number of anilines is 1. The molecule has 0 atom stereocenters. The Morgan fingerprint density at radius 2 is 1.83 bits per heavy atom. The number of nitrogens with one attached hydrogen (secondary N) is 1. The Bertz CT molecular complexity index is 629. The van der Waals surface area contributed by atoms with Gasteiger partial charge in [-0.25, -0.2) is 0 Å². The molecule has 0 amide bonds. The molecule has 4 heteroatoms. The molecular formula is C19H23N3O. The maximum atomic E-state index is 8.93. The van der Waals surface area contributed by atoms with E-state index in [-0.39, 0.29) is 6.61 Å². The van der Waals surface area contributed by atoms with Crippen molar-refractivity contribution in [2.24, 2.45) is 0 Å². The van der Waals surface area contributed by atoms with Crippen LogP contribution in [0.3, 0.4) is 0 Å². The van der Waals surface area contributed by atoms with E-state index in [0.29, 0.717) is 6.42 Å². The highest BCUT2D eigenvalue weighted by atomic mass is 16.2. The van der Waals surface area contributed by atoms with Crippen LogP contribution in [-0.2, 0) is 6.42 Å². The van der Waals surface area contributed by atoms with Crippen molar-refractivity contribution in [2.45, 2.75) is 6.42 Å². The molecule has 0 aliphatic carbocycles. The van der Waals surface area contributed by atoms with Gasteiger partial charge in [0.05, 0.1) is 17.6 Å². The largest absolute Gasteiger partial charge is 0.396 e. The molecule has 1 saturated heterocycles. The lowest BCUT2D eigenvalue weighted by Gasteiger charge is -2.29. The maximum absolute atomic E-state index is 8.93. The lowest BCUT2D eigenvalue weighted by molar-refractivity contribution is 0.299. The minimum atomic E-state index is 0.193. The summed E-state index contributed by atoms with van der Waals surface area (Å²) in [5.74, 6) is 0. The first-order valence-corrected chi connectivity index (χ1v) is 8.15. The average Bonchev–Trinajstić information content (AvgIpc) is 2.63. The predicted molar refractivity (Wildman–Crippen MR) is 95.5 cm³/mol. The number of aromatic nitrogens is 1. The summed E-state index contributed by atoms with van der Waals surface area (Å²) >= 11 is 0. The number of piperazine rings is 1. The second kappa shape index (κ2) is 7.90. The SMILES string of the molecule is OCCc1ccc(C=Cc2ccc(N3CCNCC3)cn2)cc1. The highest BCUT2D eigenvalue weighted by Gasteiger charge is 2.09. The van der Waals surface area contributed by atoms with Crippen LogP contribution in [0.25, 0.3) is 12.2 Å². The first-order valence-electron chi connectivity index (χ1n) is 8.15. The molecule has 120 valence electrons.